The van der Waals surface area contributed by atoms with Crippen molar-refractivity contribution in [2.24, 2.45) is 10.4 Å². The van der Waals surface area contributed by atoms with Gasteiger partial charge in [-0.2, -0.15) is 15.2 Å². The summed E-state index contributed by atoms with van der Waals surface area (Å²) in [5.41, 5.74) is 2.36. The number of aliphatic imine (C=N–C) groups is 1. The molecule has 5 aliphatic rings. The van der Waals surface area contributed by atoms with Gasteiger partial charge in [0, 0.05) is 53.8 Å². The Morgan fingerprint density at radius 3 is 2.74 bits per heavy atom. The number of benzene rings is 1. The summed E-state index contributed by atoms with van der Waals surface area (Å²) >= 11 is 1.12. The molecule has 6 heterocycles. The van der Waals surface area contributed by atoms with Gasteiger partial charge < -0.3 is 19.7 Å². The zero-order chi connectivity index (χ0) is 32.3. The van der Waals surface area contributed by atoms with Gasteiger partial charge >= 0.3 is 6.01 Å². The maximum atomic E-state index is 14.9. The van der Waals surface area contributed by atoms with E-state index in [4.69, 9.17) is 24.4 Å². The lowest BCUT2D eigenvalue weighted by Gasteiger charge is -2.47. The SMILES string of the molecule is C=Nc1sc2c(F)ccc(-c3cc4nc(OCC5(CN6CC7CCC6CO7)CC5)nc(NCC5(N(C)C)CCC5)c4cn3)c2c1C#N. The number of aromatic nitrogens is 3. The Kier molecular flexibility index (Phi) is 7.63. The third-order valence-electron chi connectivity index (χ3n) is 11.0. The highest BCUT2D eigenvalue weighted by Crippen LogP contribution is 2.48. The molecule has 2 saturated carbocycles. The summed E-state index contributed by atoms with van der Waals surface area (Å²) in [6, 6.07) is 7.99. The molecule has 0 spiro atoms. The molecule has 3 aliphatic heterocycles. The highest BCUT2D eigenvalue weighted by molar-refractivity contribution is 7.23. The molecule has 0 radical (unpaired) electrons. The Hall–Kier alpha value is -3.76. The van der Waals surface area contributed by atoms with Gasteiger partial charge in [0.2, 0.25) is 0 Å². The molecule has 3 aromatic heterocycles. The van der Waals surface area contributed by atoms with Gasteiger partial charge in [-0.25, -0.2) is 4.39 Å². The van der Waals surface area contributed by atoms with Crippen molar-refractivity contribution in [3.63, 3.8) is 0 Å². The Morgan fingerprint density at radius 2 is 2.11 bits per heavy atom. The van der Waals surface area contributed by atoms with Crippen molar-refractivity contribution in [1.29, 1.82) is 5.26 Å². The van der Waals surface area contributed by atoms with Crippen molar-refractivity contribution in [3.05, 3.63) is 35.8 Å². The smallest absolute Gasteiger partial charge is 0.318 e. The molecule has 1 aromatic carbocycles. The van der Waals surface area contributed by atoms with E-state index in [0.717, 1.165) is 75.1 Å². The van der Waals surface area contributed by atoms with Crippen LogP contribution in [0.25, 0.3) is 32.2 Å². The van der Waals surface area contributed by atoms with Crippen LogP contribution < -0.4 is 10.1 Å². The fourth-order valence-corrected chi connectivity index (χ4v) is 8.54. The van der Waals surface area contributed by atoms with E-state index in [9.17, 15) is 9.65 Å². The minimum Gasteiger partial charge on any atom is -0.463 e. The predicted molar refractivity (Wildman–Crippen MR) is 182 cm³/mol. The van der Waals surface area contributed by atoms with Gasteiger partial charge in [0.1, 0.15) is 22.7 Å². The lowest BCUT2D eigenvalue weighted by atomic mass is 9.75. The lowest BCUT2D eigenvalue weighted by molar-refractivity contribution is -0.112. The van der Waals surface area contributed by atoms with E-state index in [1.807, 2.05) is 6.07 Å². The van der Waals surface area contributed by atoms with Gasteiger partial charge in [-0.15, -0.1) is 11.3 Å². The monoisotopic (exact) mass is 654 g/mol. The molecule has 10 nitrogen and oxygen atoms in total. The first-order valence-electron chi connectivity index (χ1n) is 16.5. The zero-order valence-electron chi connectivity index (χ0n) is 26.9. The fraction of sp³-hybridized carbons (Fsp3) is 0.514. The summed E-state index contributed by atoms with van der Waals surface area (Å²) in [7, 11) is 4.26. The molecule has 2 bridgehead atoms. The third-order valence-corrected chi connectivity index (χ3v) is 12.1. The second-order valence-corrected chi connectivity index (χ2v) is 15.0. The number of nitrogens with one attached hydrogen (secondary N) is 1. The molecule has 1 N–H and O–H groups in total. The average molecular weight is 655 g/mol. The molecule has 47 heavy (non-hydrogen) atoms. The summed E-state index contributed by atoms with van der Waals surface area (Å²) < 4.78 is 27.7. The van der Waals surface area contributed by atoms with Gasteiger partial charge in [-0.1, -0.05) is 0 Å². The number of thiophene rings is 1. The number of piperidine rings is 1. The van der Waals surface area contributed by atoms with Crippen molar-refractivity contribution in [2.45, 2.75) is 62.6 Å². The molecular formula is C35H39FN8O2S. The standard InChI is InChI=1S/C35H39FN8O2S/c1-38-32-24(14-37)29-23(7-8-26(36)30(29)47-32)27-13-28-25(15-39-27)31(40-18-35(43(2)3)9-4-10-35)42-33(41-28)46-20-34(11-12-34)19-44-16-22-6-5-21(44)17-45-22/h7-8,13,15,21-22H,1,4-6,9-12,16-20H2,2-3H3,(H,40,41,42). The van der Waals surface area contributed by atoms with Gasteiger partial charge in [0.15, 0.2) is 0 Å². The molecule has 0 amide bonds. The Labute approximate surface area is 277 Å². The topological polar surface area (TPSA) is 112 Å². The minimum absolute atomic E-state index is 0.0739. The van der Waals surface area contributed by atoms with E-state index in [1.54, 1.807) is 12.3 Å². The number of fused-ring (bicyclic) bond motifs is 5. The lowest BCUT2D eigenvalue weighted by Crippen LogP contribution is -2.56. The summed E-state index contributed by atoms with van der Waals surface area (Å²) in [5.74, 6) is 0.276. The largest absolute Gasteiger partial charge is 0.463 e. The number of rotatable bonds is 11. The molecular weight excluding hydrogens is 616 g/mol. The van der Waals surface area contributed by atoms with Gasteiger partial charge in [-0.3, -0.25) is 14.9 Å². The third kappa shape index (κ3) is 5.43. The van der Waals surface area contributed by atoms with Crippen molar-refractivity contribution >= 4 is 49.9 Å². The first-order chi connectivity index (χ1) is 22.8. The highest BCUT2D eigenvalue weighted by Gasteiger charge is 2.48. The van der Waals surface area contributed by atoms with E-state index in [0.29, 0.717) is 68.0 Å². The summed E-state index contributed by atoms with van der Waals surface area (Å²) in [6.07, 6.45) is 10.2. The van der Waals surface area contributed by atoms with Crippen molar-refractivity contribution in [3.8, 4) is 23.3 Å². The van der Waals surface area contributed by atoms with Crippen molar-refractivity contribution in [1.82, 2.24) is 24.8 Å². The number of nitriles is 1. The number of likely N-dealkylation sites (N-methyl/N-ethyl adjacent to an activating group) is 1. The normalized spacial score (nSPS) is 22.7. The second kappa shape index (κ2) is 11.7. The zero-order valence-corrected chi connectivity index (χ0v) is 27.7. The van der Waals surface area contributed by atoms with E-state index < -0.39 is 5.82 Å². The van der Waals surface area contributed by atoms with Crippen LogP contribution in [-0.4, -0.2) is 96.1 Å². The maximum absolute atomic E-state index is 14.9. The van der Waals surface area contributed by atoms with Crippen LogP contribution in [0.1, 0.15) is 50.5 Å². The number of ether oxygens (including phenoxy) is 2. The molecule has 12 heteroatoms. The van der Waals surface area contributed by atoms with E-state index in [1.165, 1.54) is 18.9 Å². The van der Waals surface area contributed by atoms with Crippen LogP contribution in [0.4, 0.5) is 15.2 Å². The summed E-state index contributed by atoms with van der Waals surface area (Å²) in [5, 5.41) is 15.2. The molecule has 3 saturated heterocycles. The fourth-order valence-electron chi connectivity index (χ4n) is 7.56. The molecule has 5 fully saturated rings. The van der Waals surface area contributed by atoms with Crippen LogP contribution in [0.5, 0.6) is 6.01 Å². The second-order valence-electron chi connectivity index (χ2n) is 14.0. The number of pyridine rings is 1. The van der Waals surface area contributed by atoms with Crippen LogP contribution in [0, 0.1) is 22.6 Å². The maximum Gasteiger partial charge on any atom is 0.318 e. The predicted octanol–water partition coefficient (Wildman–Crippen LogP) is 6.17. The number of nitrogens with zero attached hydrogens (tertiary/aromatic N) is 7. The first-order valence-corrected chi connectivity index (χ1v) is 17.3. The quantitative estimate of drug-likeness (QED) is 0.190. The Morgan fingerprint density at radius 1 is 1.26 bits per heavy atom. The highest BCUT2D eigenvalue weighted by atomic mass is 32.1. The molecule has 9 rings (SSSR count). The first kappa shape index (κ1) is 30.6. The Bertz CT molecular complexity index is 1910. The average Bonchev–Trinajstić information content (AvgIpc) is 3.72. The summed E-state index contributed by atoms with van der Waals surface area (Å²) in [4.78, 5) is 23.5. The molecule has 2 unspecified atom stereocenters. The van der Waals surface area contributed by atoms with Crippen molar-refractivity contribution in [2.75, 3.05) is 52.3 Å². The molecule has 244 valence electrons. The Balaban J connectivity index is 1.13. The number of hydrogen-bond acceptors (Lipinski definition) is 11. The molecule has 2 atom stereocenters. The summed E-state index contributed by atoms with van der Waals surface area (Å²) in [6.45, 7) is 7.75. The van der Waals surface area contributed by atoms with E-state index >= 15 is 0 Å². The van der Waals surface area contributed by atoms with Crippen LogP contribution >= 0.6 is 11.3 Å². The van der Waals surface area contributed by atoms with Crippen LogP contribution in [-0.2, 0) is 4.74 Å². The van der Waals surface area contributed by atoms with E-state index in [-0.39, 0.29) is 11.0 Å². The number of halogens is 1. The minimum atomic E-state index is -0.407. The van der Waals surface area contributed by atoms with E-state index in [2.05, 4.69) is 47.0 Å². The van der Waals surface area contributed by atoms with Gasteiger partial charge in [-0.05, 0) is 84.0 Å². The number of hydrogen-bond donors (Lipinski definition) is 1. The molecule has 2 aliphatic carbocycles. The molecule has 4 aromatic rings. The van der Waals surface area contributed by atoms with Crippen LogP contribution in [0.2, 0.25) is 0 Å². The van der Waals surface area contributed by atoms with Gasteiger partial charge in [0.05, 0.1) is 46.2 Å². The van der Waals surface area contributed by atoms with Crippen molar-refractivity contribution < 1.29 is 13.9 Å². The number of morpholine rings is 1. The number of anilines is 1. The van der Waals surface area contributed by atoms with Crippen LogP contribution in [0.15, 0.2) is 29.4 Å². The van der Waals surface area contributed by atoms with Gasteiger partial charge in [0.25, 0.3) is 0 Å². The van der Waals surface area contributed by atoms with Crippen LogP contribution in [0.3, 0.4) is 0 Å².